The minimum Gasteiger partial charge on any atom is -0.353 e. The molecule has 1 amide bonds. The molecule has 1 rings (SSSR count). The van der Waals surface area contributed by atoms with Crippen molar-refractivity contribution in [1.29, 1.82) is 0 Å². The molecule has 1 N–H and O–H groups in total. The van der Waals surface area contributed by atoms with E-state index in [-0.39, 0.29) is 5.91 Å². The van der Waals surface area contributed by atoms with E-state index in [0.717, 1.165) is 12.3 Å². The van der Waals surface area contributed by atoms with Gasteiger partial charge in [-0.2, -0.15) is 12.6 Å². The van der Waals surface area contributed by atoms with Crippen molar-refractivity contribution < 1.29 is 4.79 Å². The van der Waals surface area contributed by atoms with Crippen molar-refractivity contribution in [3.63, 3.8) is 0 Å². The largest absolute Gasteiger partial charge is 0.353 e. The van der Waals surface area contributed by atoms with Crippen molar-refractivity contribution in [3.05, 3.63) is 0 Å². The van der Waals surface area contributed by atoms with E-state index in [4.69, 9.17) is 0 Å². The number of hydrogen-bond acceptors (Lipinski definition) is 2. The van der Waals surface area contributed by atoms with Gasteiger partial charge in [0.15, 0.2) is 0 Å². The molecule has 14 heavy (non-hydrogen) atoms. The molecule has 82 valence electrons. The van der Waals surface area contributed by atoms with Gasteiger partial charge in [-0.05, 0) is 24.5 Å². The molecule has 2 nitrogen and oxygen atoms in total. The Morgan fingerprint density at radius 3 is 2.93 bits per heavy atom. The van der Waals surface area contributed by atoms with E-state index < -0.39 is 0 Å². The Balaban J connectivity index is 2.26. The van der Waals surface area contributed by atoms with E-state index in [9.17, 15) is 4.79 Å². The first-order valence-electron chi connectivity index (χ1n) is 5.66. The van der Waals surface area contributed by atoms with Crippen molar-refractivity contribution in [2.24, 2.45) is 5.92 Å². The van der Waals surface area contributed by atoms with E-state index in [1.807, 2.05) is 0 Å². The number of thiol groups is 1. The fourth-order valence-electron chi connectivity index (χ4n) is 2.19. The summed E-state index contributed by atoms with van der Waals surface area (Å²) in [6.45, 7) is 2.24. The summed E-state index contributed by atoms with van der Waals surface area (Å²) in [5.74, 6) is 1.64. The van der Waals surface area contributed by atoms with Crippen LogP contribution >= 0.6 is 12.6 Å². The highest BCUT2D eigenvalue weighted by Crippen LogP contribution is 2.26. The van der Waals surface area contributed by atoms with Gasteiger partial charge in [0.25, 0.3) is 0 Å². The molecule has 1 aliphatic carbocycles. The highest BCUT2D eigenvalue weighted by atomic mass is 32.1. The molecular weight excluding hydrogens is 194 g/mol. The number of nitrogens with one attached hydrogen (secondary N) is 1. The minimum absolute atomic E-state index is 0.168. The summed E-state index contributed by atoms with van der Waals surface area (Å²) in [7, 11) is 0. The van der Waals surface area contributed by atoms with E-state index in [0.29, 0.717) is 18.2 Å². The average molecular weight is 215 g/mol. The van der Waals surface area contributed by atoms with E-state index in [1.165, 1.54) is 25.7 Å². The van der Waals surface area contributed by atoms with Crippen LogP contribution in [-0.2, 0) is 4.79 Å². The lowest BCUT2D eigenvalue weighted by Gasteiger charge is -2.29. The Morgan fingerprint density at radius 2 is 2.29 bits per heavy atom. The normalized spacial score (nSPS) is 27.3. The van der Waals surface area contributed by atoms with Gasteiger partial charge in [0.1, 0.15) is 0 Å². The number of carbonyl (C=O) groups excluding carboxylic acids is 1. The Kier molecular flexibility index (Phi) is 5.38. The molecule has 2 unspecified atom stereocenters. The third-order valence-electron chi connectivity index (χ3n) is 3.06. The first kappa shape index (κ1) is 11.9. The minimum atomic E-state index is 0.168. The van der Waals surface area contributed by atoms with E-state index >= 15 is 0 Å². The maximum Gasteiger partial charge on any atom is 0.221 e. The lowest BCUT2D eigenvalue weighted by atomic mass is 9.84. The summed E-state index contributed by atoms with van der Waals surface area (Å²) in [5, 5.41) is 3.10. The molecule has 0 spiro atoms. The van der Waals surface area contributed by atoms with Crippen LogP contribution in [0.3, 0.4) is 0 Å². The Morgan fingerprint density at radius 1 is 1.50 bits per heavy atom. The Labute approximate surface area is 92.2 Å². The SMILES string of the molecule is CCC1CCCC(NC(=O)CCS)C1. The summed E-state index contributed by atoms with van der Waals surface area (Å²) < 4.78 is 0. The molecule has 2 atom stereocenters. The van der Waals surface area contributed by atoms with E-state index in [2.05, 4.69) is 24.9 Å². The fraction of sp³-hybridized carbons (Fsp3) is 0.909. The molecule has 1 fully saturated rings. The second-order valence-electron chi connectivity index (χ2n) is 4.18. The number of rotatable bonds is 4. The molecule has 1 saturated carbocycles. The number of carbonyl (C=O) groups is 1. The molecule has 1 aliphatic rings. The zero-order valence-corrected chi connectivity index (χ0v) is 9.85. The molecule has 0 radical (unpaired) electrons. The number of amides is 1. The van der Waals surface area contributed by atoms with Gasteiger partial charge in [-0.3, -0.25) is 4.79 Å². The van der Waals surface area contributed by atoms with Crippen molar-refractivity contribution >= 4 is 18.5 Å². The van der Waals surface area contributed by atoms with Crippen LogP contribution in [0.25, 0.3) is 0 Å². The quantitative estimate of drug-likeness (QED) is 0.693. The molecule has 0 aromatic heterocycles. The predicted octanol–water partition coefficient (Wildman–Crippen LogP) is 2.39. The second-order valence-corrected chi connectivity index (χ2v) is 4.63. The Hall–Kier alpha value is -0.180. The highest BCUT2D eigenvalue weighted by molar-refractivity contribution is 7.80. The zero-order valence-electron chi connectivity index (χ0n) is 8.96. The number of hydrogen-bond donors (Lipinski definition) is 2. The standard InChI is InChI=1S/C11H21NOS/c1-2-9-4-3-5-10(8-9)12-11(13)6-7-14/h9-10,14H,2-8H2,1H3,(H,12,13). The van der Waals surface area contributed by atoms with Gasteiger partial charge < -0.3 is 5.32 Å². The first-order valence-corrected chi connectivity index (χ1v) is 6.29. The van der Waals surface area contributed by atoms with Crippen molar-refractivity contribution in [1.82, 2.24) is 5.32 Å². The fourth-order valence-corrected chi connectivity index (χ4v) is 2.40. The van der Waals surface area contributed by atoms with Gasteiger partial charge in [-0.1, -0.05) is 26.2 Å². The summed E-state index contributed by atoms with van der Waals surface area (Å²) in [5.41, 5.74) is 0. The van der Waals surface area contributed by atoms with Crippen molar-refractivity contribution in [2.45, 2.75) is 51.5 Å². The molecule has 3 heteroatoms. The molecular formula is C11H21NOS. The van der Waals surface area contributed by atoms with Gasteiger partial charge in [0, 0.05) is 12.5 Å². The average Bonchev–Trinajstić information content (AvgIpc) is 2.18. The maximum absolute atomic E-state index is 11.3. The van der Waals surface area contributed by atoms with Crippen molar-refractivity contribution in [2.75, 3.05) is 5.75 Å². The third-order valence-corrected chi connectivity index (χ3v) is 3.29. The van der Waals surface area contributed by atoms with Crippen LogP contribution in [0, 0.1) is 5.92 Å². The zero-order chi connectivity index (χ0) is 10.4. The predicted molar refractivity (Wildman–Crippen MR) is 62.6 cm³/mol. The van der Waals surface area contributed by atoms with Crippen LogP contribution in [0.1, 0.15) is 45.4 Å². The smallest absolute Gasteiger partial charge is 0.221 e. The topological polar surface area (TPSA) is 29.1 Å². The van der Waals surface area contributed by atoms with E-state index in [1.54, 1.807) is 0 Å². The van der Waals surface area contributed by atoms with Gasteiger partial charge in [0.2, 0.25) is 5.91 Å². The second kappa shape index (κ2) is 6.33. The van der Waals surface area contributed by atoms with Gasteiger partial charge in [0.05, 0.1) is 0 Å². The third kappa shape index (κ3) is 3.91. The molecule has 0 aromatic carbocycles. The van der Waals surface area contributed by atoms with Crippen LogP contribution in [0.15, 0.2) is 0 Å². The van der Waals surface area contributed by atoms with Crippen molar-refractivity contribution in [3.8, 4) is 0 Å². The van der Waals surface area contributed by atoms with Crippen LogP contribution in [0.5, 0.6) is 0 Å². The molecule has 0 aliphatic heterocycles. The van der Waals surface area contributed by atoms with Crippen LogP contribution in [-0.4, -0.2) is 17.7 Å². The Bertz CT molecular complexity index is 184. The maximum atomic E-state index is 11.3. The van der Waals surface area contributed by atoms with Crippen LogP contribution in [0.2, 0.25) is 0 Å². The monoisotopic (exact) mass is 215 g/mol. The summed E-state index contributed by atoms with van der Waals surface area (Å²) in [6, 6.07) is 0.432. The molecule has 0 aromatic rings. The lowest BCUT2D eigenvalue weighted by molar-refractivity contribution is -0.121. The molecule has 0 bridgehead atoms. The summed E-state index contributed by atoms with van der Waals surface area (Å²) in [4.78, 5) is 11.3. The highest BCUT2D eigenvalue weighted by Gasteiger charge is 2.21. The van der Waals surface area contributed by atoms with Crippen LogP contribution in [0.4, 0.5) is 0 Å². The van der Waals surface area contributed by atoms with Gasteiger partial charge >= 0.3 is 0 Å². The van der Waals surface area contributed by atoms with Gasteiger partial charge in [-0.25, -0.2) is 0 Å². The first-order chi connectivity index (χ1) is 6.76. The molecule has 0 heterocycles. The molecule has 0 saturated heterocycles. The van der Waals surface area contributed by atoms with Crippen LogP contribution < -0.4 is 5.32 Å². The summed E-state index contributed by atoms with van der Waals surface area (Å²) >= 11 is 4.05. The summed E-state index contributed by atoms with van der Waals surface area (Å²) in [6.07, 6.45) is 6.75. The lowest BCUT2D eigenvalue weighted by Crippen LogP contribution is -2.38. The van der Waals surface area contributed by atoms with Gasteiger partial charge in [-0.15, -0.1) is 0 Å².